The van der Waals surface area contributed by atoms with Crippen LogP contribution in [0, 0.1) is 5.92 Å². The average molecular weight is 339 g/mol. The predicted octanol–water partition coefficient (Wildman–Crippen LogP) is -2.22. The maximum absolute atomic E-state index is 11.8. The van der Waals surface area contributed by atoms with Gasteiger partial charge in [-0.05, 0) is 0 Å². The molecular weight excluding hydrogens is 319 g/mol. The number of likely N-dealkylation sites (tertiary alicyclic amines) is 1. The van der Waals surface area contributed by atoms with Crippen molar-refractivity contribution in [2.45, 2.75) is 33.1 Å². The number of alkyl halides is 1. The van der Waals surface area contributed by atoms with Crippen LogP contribution in [0.5, 0.6) is 0 Å². The van der Waals surface area contributed by atoms with Crippen molar-refractivity contribution in [3.63, 3.8) is 0 Å². The van der Waals surface area contributed by atoms with E-state index in [1.807, 2.05) is 11.8 Å². The fourth-order valence-corrected chi connectivity index (χ4v) is 3.05. The van der Waals surface area contributed by atoms with Gasteiger partial charge in [-0.3, -0.25) is 0 Å². The van der Waals surface area contributed by atoms with Gasteiger partial charge in [-0.15, -0.1) is 0 Å². The standard InChI is InChI=1S/C11H20IN2O2/c1-3-10(15)14-7-5-6-9(8-14)11(16)13-12-4-2/h9H,3-8H2,1-2H3,(H,13,16)/q-1. The summed E-state index contributed by atoms with van der Waals surface area (Å²) in [7, 11) is 0. The molecule has 0 saturated carbocycles. The molecule has 1 aliphatic rings. The first-order chi connectivity index (χ1) is 7.69. The number of piperidine rings is 1. The quantitative estimate of drug-likeness (QED) is 0.358. The molecule has 5 heteroatoms. The molecule has 2 amide bonds. The number of nitrogens with one attached hydrogen (secondary N) is 1. The van der Waals surface area contributed by atoms with Gasteiger partial charge in [-0.2, -0.15) is 0 Å². The van der Waals surface area contributed by atoms with E-state index in [2.05, 4.69) is 10.5 Å². The summed E-state index contributed by atoms with van der Waals surface area (Å²) in [5.74, 6) is 0.349. The molecule has 0 bridgehead atoms. The first kappa shape index (κ1) is 13.7. The molecule has 4 nitrogen and oxygen atoms in total. The van der Waals surface area contributed by atoms with Crippen LogP contribution in [0.3, 0.4) is 0 Å². The van der Waals surface area contributed by atoms with E-state index in [-0.39, 0.29) is 39.2 Å². The van der Waals surface area contributed by atoms with Gasteiger partial charge in [0.2, 0.25) is 0 Å². The molecule has 1 saturated heterocycles. The van der Waals surface area contributed by atoms with Crippen molar-refractivity contribution in [1.82, 2.24) is 8.43 Å². The van der Waals surface area contributed by atoms with Gasteiger partial charge < -0.3 is 0 Å². The summed E-state index contributed by atoms with van der Waals surface area (Å²) in [5, 5.41) is 0. The number of hydrogen-bond acceptors (Lipinski definition) is 2. The van der Waals surface area contributed by atoms with Gasteiger partial charge in [0, 0.05) is 0 Å². The maximum atomic E-state index is 11.8. The minimum atomic E-state index is -0.176. The van der Waals surface area contributed by atoms with Crippen LogP contribution in [0.1, 0.15) is 33.1 Å². The molecule has 0 aromatic rings. The zero-order valence-corrected chi connectivity index (χ0v) is 12.1. The van der Waals surface area contributed by atoms with E-state index in [4.69, 9.17) is 0 Å². The molecule has 1 fully saturated rings. The number of halogens is 1. The summed E-state index contributed by atoms with van der Waals surface area (Å²) in [6, 6.07) is 0. The molecular formula is C11H20IN2O2-. The second-order valence-corrected chi connectivity index (χ2v) is 6.72. The second kappa shape index (κ2) is 7.09. The summed E-state index contributed by atoms with van der Waals surface area (Å²) >= 11 is -0.176. The van der Waals surface area contributed by atoms with Crippen LogP contribution in [0.25, 0.3) is 0 Å². The van der Waals surface area contributed by atoms with Crippen molar-refractivity contribution in [2.75, 3.05) is 17.5 Å². The number of carbonyl (C=O) groups is 2. The van der Waals surface area contributed by atoms with Gasteiger partial charge in [0.15, 0.2) is 0 Å². The topological polar surface area (TPSA) is 49.4 Å². The summed E-state index contributed by atoms with van der Waals surface area (Å²) in [6.07, 6.45) is 2.41. The third kappa shape index (κ3) is 3.92. The predicted molar refractivity (Wildman–Crippen MR) is 58.3 cm³/mol. The van der Waals surface area contributed by atoms with Crippen molar-refractivity contribution >= 4 is 11.8 Å². The van der Waals surface area contributed by atoms with Gasteiger partial charge in [0.1, 0.15) is 0 Å². The van der Waals surface area contributed by atoms with Gasteiger partial charge >= 0.3 is 108 Å². The van der Waals surface area contributed by atoms with Gasteiger partial charge in [0.05, 0.1) is 0 Å². The normalized spacial score (nSPS) is 20.9. The van der Waals surface area contributed by atoms with Crippen LogP contribution < -0.4 is 25.0 Å². The summed E-state index contributed by atoms with van der Waals surface area (Å²) in [6.45, 7) is 5.39. The molecule has 1 aliphatic heterocycles. The molecule has 0 aromatic heterocycles. The zero-order valence-electron chi connectivity index (χ0n) is 9.96. The third-order valence-electron chi connectivity index (χ3n) is 2.74. The van der Waals surface area contributed by atoms with Crippen LogP contribution in [0.2, 0.25) is 0 Å². The fraction of sp³-hybridized carbons (Fsp3) is 0.818. The van der Waals surface area contributed by atoms with Crippen molar-refractivity contribution < 1.29 is 31.1 Å². The van der Waals surface area contributed by atoms with Crippen LogP contribution in [-0.4, -0.2) is 34.2 Å². The summed E-state index contributed by atoms with van der Waals surface area (Å²) in [5.41, 5.74) is 0. The Hall–Kier alpha value is -0.330. The van der Waals surface area contributed by atoms with E-state index >= 15 is 0 Å². The van der Waals surface area contributed by atoms with Crippen molar-refractivity contribution in [2.24, 2.45) is 5.92 Å². The van der Waals surface area contributed by atoms with E-state index < -0.39 is 0 Å². The van der Waals surface area contributed by atoms with Crippen molar-refractivity contribution in [1.29, 1.82) is 0 Å². The number of rotatable bonds is 4. The monoisotopic (exact) mass is 339 g/mol. The Labute approximate surface area is 108 Å². The Morgan fingerprint density at radius 3 is 2.81 bits per heavy atom. The molecule has 1 rings (SSSR count). The van der Waals surface area contributed by atoms with Crippen LogP contribution in [0.15, 0.2) is 0 Å². The SMILES string of the molecule is CC[I-]NC(=O)C1CCCN(C(=O)CC)C1. The van der Waals surface area contributed by atoms with Crippen molar-refractivity contribution in [3.8, 4) is 0 Å². The van der Waals surface area contributed by atoms with E-state index in [1.165, 1.54) is 0 Å². The first-order valence-electron chi connectivity index (χ1n) is 5.84. The molecule has 0 aliphatic carbocycles. The number of nitrogens with zero attached hydrogens (tertiary/aromatic N) is 1. The number of amides is 2. The molecule has 0 aromatic carbocycles. The van der Waals surface area contributed by atoms with E-state index in [9.17, 15) is 9.59 Å². The van der Waals surface area contributed by atoms with Crippen LogP contribution in [-0.2, 0) is 9.59 Å². The molecule has 1 heterocycles. The first-order valence-corrected chi connectivity index (χ1v) is 8.45. The molecule has 0 spiro atoms. The third-order valence-corrected chi connectivity index (χ3v) is 4.42. The number of carbonyl (C=O) groups excluding carboxylic acids is 2. The Bertz CT molecular complexity index is 258. The van der Waals surface area contributed by atoms with E-state index in [0.717, 1.165) is 23.8 Å². The molecule has 1 atom stereocenters. The Kier molecular flexibility index (Phi) is 6.08. The zero-order chi connectivity index (χ0) is 12.0. The second-order valence-electron chi connectivity index (χ2n) is 3.89. The van der Waals surface area contributed by atoms with Crippen molar-refractivity contribution in [3.05, 3.63) is 0 Å². The van der Waals surface area contributed by atoms with E-state index in [1.54, 1.807) is 0 Å². The molecule has 1 unspecified atom stereocenters. The fourth-order valence-electron chi connectivity index (χ4n) is 1.85. The summed E-state index contributed by atoms with van der Waals surface area (Å²) < 4.78 is 4.08. The van der Waals surface area contributed by atoms with Gasteiger partial charge in [-0.25, -0.2) is 0 Å². The molecule has 16 heavy (non-hydrogen) atoms. The van der Waals surface area contributed by atoms with Crippen LogP contribution in [0.4, 0.5) is 0 Å². The van der Waals surface area contributed by atoms with Gasteiger partial charge in [0.25, 0.3) is 0 Å². The Morgan fingerprint density at radius 1 is 1.44 bits per heavy atom. The van der Waals surface area contributed by atoms with Gasteiger partial charge in [-0.1, -0.05) is 0 Å². The van der Waals surface area contributed by atoms with Crippen LogP contribution >= 0.6 is 0 Å². The average Bonchev–Trinajstić information content (AvgIpc) is 2.35. The molecule has 94 valence electrons. The molecule has 0 radical (unpaired) electrons. The molecule has 1 N–H and O–H groups in total. The Morgan fingerprint density at radius 2 is 2.19 bits per heavy atom. The minimum absolute atomic E-state index is 0.0236. The van der Waals surface area contributed by atoms with E-state index in [0.29, 0.717) is 13.0 Å². The number of hydrogen-bond donors (Lipinski definition) is 1. The summed E-state index contributed by atoms with van der Waals surface area (Å²) in [4.78, 5) is 25.2. The Balaban J connectivity index is 2.43.